The second kappa shape index (κ2) is 4.81. The van der Waals surface area contributed by atoms with Gasteiger partial charge in [0.2, 0.25) is 0 Å². The summed E-state index contributed by atoms with van der Waals surface area (Å²) in [5.74, 6) is -0.00138. The zero-order chi connectivity index (χ0) is 15.3. The molecule has 0 radical (unpaired) electrons. The van der Waals surface area contributed by atoms with Gasteiger partial charge >= 0.3 is 0 Å². The molecule has 1 saturated heterocycles. The standard InChI is InChI=1S/C15H17NO3S2/c1-10-11-5-3-4-6-12(11)20-13(10)14(17)16-15(2)7-8-21(18,19)9-15/h3-6H,7-9H2,1-2H3,(H,16,17)/t15-/m1/s1. The summed E-state index contributed by atoms with van der Waals surface area (Å²) in [6.07, 6.45) is 0.477. The third kappa shape index (κ3) is 2.70. The molecule has 0 spiro atoms. The van der Waals surface area contributed by atoms with Gasteiger partial charge < -0.3 is 5.32 Å². The van der Waals surface area contributed by atoms with Crippen molar-refractivity contribution < 1.29 is 13.2 Å². The molecule has 6 heteroatoms. The second-order valence-electron chi connectivity index (χ2n) is 5.91. The lowest BCUT2D eigenvalue weighted by Crippen LogP contribution is -2.46. The summed E-state index contributed by atoms with van der Waals surface area (Å²) in [5, 5.41) is 4.00. The molecule has 1 N–H and O–H groups in total. The SMILES string of the molecule is Cc1c(C(=O)N[C@]2(C)CCS(=O)(=O)C2)sc2ccccc12. The minimum atomic E-state index is -3.03. The number of amides is 1. The number of thiophene rings is 1. The Bertz CT molecular complexity index is 823. The molecule has 2 heterocycles. The lowest BCUT2D eigenvalue weighted by Gasteiger charge is -2.23. The van der Waals surface area contributed by atoms with Crippen LogP contribution < -0.4 is 5.32 Å². The van der Waals surface area contributed by atoms with Crippen LogP contribution >= 0.6 is 11.3 Å². The lowest BCUT2D eigenvalue weighted by atomic mass is 10.0. The van der Waals surface area contributed by atoms with Crippen LogP contribution in [0, 0.1) is 6.92 Å². The summed E-state index contributed by atoms with van der Waals surface area (Å²) in [7, 11) is -3.03. The highest BCUT2D eigenvalue weighted by Crippen LogP contribution is 2.31. The highest BCUT2D eigenvalue weighted by molar-refractivity contribution is 7.91. The van der Waals surface area contributed by atoms with Crippen LogP contribution in [0.25, 0.3) is 10.1 Å². The van der Waals surface area contributed by atoms with Gasteiger partial charge in [-0.05, 0) is 37.3 Å². The summed E-state index contributed by atoms with van der Waals surface area (Å²) < 4.78 is 24.3. The highest BCUT2D eigenvalue weighted by atomic mass is 32.2. The van der Waals surface area contributed by atoms with Gasteiger partial charge in [0.05, 0.1) is 21.9 Å². The first kappa shape index (κ1) is 14.5. The average Bonchev–Trinajstić information content (AvgIpc) is 2.88. The normalized spacial score (nSPS) is 24.3. The average molecular weight is 323 g/mol. The van der Waals surface area contributed by atoms with E-state index < -0.39 is 15.4 Å². The van der Waals surface area contributed by atoms with Gasteiger partial charge in [-0.1, -0.05) is 18.2 Å². The van der Waals surface area contributed by atoms with Crippen LogP contribution in [0.1, 0.15) is 28.6 Å². The first-order valence-electron chi connectivity index (χ1n) is 6.81. The Morgan fingerprint density at radius 3 is 2.67 bits per heavy atom. The molecule has 1 amide bonds. The second-order valence-corrected chi connectivity index (χ2v) is 9.15. The van der Waals surface area contributed by atoms with Crippen molar-refractivity contribution in [1.29, 1.82) is 0 Å². The number of hydrogen-bond acceptors (Lipinski definition) is 4. The largest absolute Gasteiger partial charge is 0.345 e. The van der Waals surface area contributed by atoms with Gasteiger partial charge in [-0.3, -0.25) is 4.79 Å². The lowest BCUT2D eigenvalue weighted by molar-refractivity contribution is 0.0919. The number of rotatable bonds is 2. The first-order chi connectivity index (χ1) is 9.80. The van der Waals surface area contributed by atoms with Crippen molar-refractivity contribution in [2.24, 2.45) is 0 Å². The minimum absolute atomic E-state index is 0.0235. The van der Waals surface area contributed by atoms with Gasteiger partial charge in [-0.15, -0.1) is 11.3 Å². The van der Waals surface area contributed by atoms with E-state index in [0.29, 0.717) is 11.3 Å². The van der Waals surface area contributed by atoms with Gasteiger partial charge in [0.15, 0.2) is 9.84 Å². The summed E-state index contributed by atoms with van der Waals surface area (Å²) in [6.45, 7) is 3.74. The zero-order valence-corrected chi connectivity index (χ0v) is 13.6. The molecule has 112 valence electrons. The van der Waals surface area contributed by atoms with E-state index in [1.165, 1.54) is 11.3 Å². The molecule has 0 saturated carbocycles. The molecule has 3 rings (SSSR count). The Morgan fingerprint density at radius 1 is 1.33 bits per heavy atom. The quantitative estimate of drug-likeness (QED) is 0.923. The van der Waals surface area contributed by atoms with Crippen molar-refractivity contribution in [3.05, 3.63) is 34.7 Å². The van der Waals surface area contributed by atoms with E-state index in [9.17, 15) is 13.2 Å². The van der Waals surface area contributed by atoms with Crippen LogP contribution in [-0.2, 0) is 9.84 Å². The fraction of sp³-hybridized carbons (Fsp3) is 0.400. The molecule has 0 unspecified atom stereocenters. The number of sulfone groups is 1. The maximum atomic E-state index is 12.5. The molecule has 1 aliphatic heterocycles. The number of fused-ring (bicyclic) bond motifs is 1. The van der Waals surface area contributed by atoms with Crippen molar-refractivity contribution in [3.63, 3.8) is 0 Å². The molecule has 1 fully saturated rings. The Kier molecular flexibility index (Phi) is 3.33. The van der Waals surface area contributed by atoms with E-state index in [-0.39, 0.29) is 17.4 Å². The van der Waals surface area contributed by atoms with Gasteiger partial charge in [0.1, 0.15) is 0 Å². The van der Waals surface area contributed by atoms with Crippen molar-refractivity contribution in [2.75, 3.05) is 11.5 Å². The molecule has 1 aliphatic rings. The topological polar surface area (TPSA) is 63.2 Å². The third-order valence-corrected chi connectivity index (χ3v) is 7.14. The molecule has 1 aromatic carbocycles. The summed E-state index contributed by atoms with van der Waals surface area (Å²) in [5.41, 5.74) is 0.302. The zero-order valence-electron chi connectivity index (χ0n) is 12.0. The van der Waals surface area contributed by atoms with E-state index in [2.05, 4.69) is 5.32 Å². The van der Waals surface area contributed by atoms with Crippen LogP contribution in [0.2, 0.25) is 0 Å². The Morgan fingerprint density at radius 2 is 2.05 bits per heavy atom. The van der Waals surface area contributed by atoms with Crippen LogP contribution in [0.5, 0.6) is 0 Å². The van der Waals surface area contributed by atoms with E-state index in [1.807, 2.05) is 31.2 Å². The number of carbonyl (C=O) groups excluding carboxylic acids is 1. The van der Waals surface area contributed by atoms with Crippen LogP contribution in [0.4, 0.5) is 0 Å². The van der Waals surface area contributed by atoms with Crippen molar-refractivity contribution in [3.8, 4) is 0 Å². The number of aryl methyl sites for hydroxylation is 1. The summed E-state index contributed by atoms with van der Waals surface area (Å²) in [6, 6.07) is 7.89. The van der Waals surface area contributed by atoms with E-state index in [4.69, 9.17) is 0 Å². The molecule has 1 aromatic heterocycles. The monoisotopic (exact) mass is 323 g/mol. The molecule has 2 aromatic rings. The van der Waals surface area contributed by atoms with Crippen LogP contribution in [-0.4, -0.2) is 31.4 Å². The van der Waals surface area contributed by atoms with Crippen molar-refractivity contribution >= 4 is 37.2 Å². The summed E-state index contributed by atoms with van der Waals surface area (Å²) in [4.78, 5) is 13.2. The minimum Gasteiger partial charge on any atom is -0.345 e. The third-order valence-electron chi connectivity index (χ3n) is 3.97. The highest BCUT2D eigenvalue weighted by Gasteiger charge is 2.39. The maximum Gasteiger partial charge on any atom is 0.262 e. The molecule has 1 atom stereocenters. The smallest absolute Gasteiger partial charge is 0.262 e. The van der Waals surface area contributed by atoms with Crippen LogP contribution in [0.15, 0.2) is 24.3 Å². The maximum absolute atomic E-state index is 12.5. The number of carbonyl (C=O) groups is 1. The summed E-state index contributed by atoms with van der Waals surface area (Å²) >= 11 is 1.45. The molecule has 4 nitrogen and oxygen atoms in total. The predicted molar refractivity (Wildman–Crippen MR) is 85.7 cm³/mol. The van der Waals surface area contributed by atoms with E-state index in [0.717, 1.165) is 15.6 Å². The van der Waals surface area contributed by atoms with Gasteiger partial charge in [0.25, 0.3) is 5.91 Å². The van der Waals surface area contributed by atoms with Crippen LogP contribution in [0.3, 0.4) is 0 Å². The Hall–Kier alpha value is -1.40. The molecular formula is C15H17NO3S2. The molecule has 21 heavy (non-hydrogen) atoms. The van der Waals surface area contributed by atoms with Crippen molar-refractivity contribution in [2.45, 2.75) is 25.8 Å². The molecular weight excluding hydrogens is 306 g/mol. The van der Waals surface area contributed by atoms with Gasteiger partial charge in [-0.2, -0.15) is 0 Å². The first-order valence-corrected chi connectivity index (χ1v) is 9.45. The van der Waals surface area contributed by atoms with Gasteiger partial charge in [-0.25, -0.2) is 8.42 Å². The number of hydrogen-bond donors (Lipinski definition) is 1. The van der Waals surface area contributed by atoms with E-state index in [1.54, 1.807) is 6.92 Å². The van der Waals surface area contributed by atoms with Gasteiger partial charge in [0, 0.05) is 4.70 Å². The van der Waals surface area contributed by atoms with E-state index >= 15 is 0 Å². The Balaban J connectivity index is 1.90. The molecule has 0 bridgehead atoms. The predicted octanol–water partition coefficient (Wildman–Crippen LogP) is 2.52. The molecule has 0 aliphatic carbocycles. The fourth-order valence-corrected chi connectivity index (χ4v) is 6.03. The number of nitrogens with one attached hydrogen (secondary N) is 1. The van der Waals surface area contributed by atoms with Crippen molar-refractivity contribution in [1.82, 2.24) is 5.32 Å². The fourth-order valence-electron chi connectivity index (χ4n) is 2.83. The Labute approximate surface area is 128 Å². The number of benzene rings is 1.